The van der Waals surface area contributed by atoms with E-state index in [2.05, 4.69) is 42.0 Å². The highest BCUT2D eigenvalue weighted by molar-refractivity contribution is 5.77. The number of hydrogen-bond acceptors (Lipinski definition) is 10. The molecule has 2 aromatic carbocycles. The molecule has 0 aliphatic heterocycles. The van der Waals surface area contributed by atoms with Gasteiger partial charge in [-0.1, -0.05) is 44.7 Å². The Hall–Kier alpha value is -4.24. The number of nitrogens with zero attached hydrogens (tertiary/aromatic N) is 3. The van der Waals surface area contributed by atoms with E-state index in [1.54, 1.807) is 21.3 Å². The number of ether oxygens (including phenoxy) is 4. The monoisotopic (exact) mass is 642 g/mol. The molecule has 0 saturated heterocycles. The Kier molecular flexibility index (Phi) is 15.9. The highest BCUT2D eigenvalue weighted by Crippen LogP contribution is 2.44. The van der Waals surface area contributed by atoms with Gasteiger partial charge in [0.15, 0.2) is 18.1 Å². The van der Waals surface area contributed by atoms with Crippen LogP contribution < -0.4 is 24.3 Å². The Morgan fingerprint density at radius 3 is 2.20 bits per heavy atom. The van der Waals surface area contributed by atoms with E-state index < -0.39 is 22.5 Å². The molecule has 12 nitrogen and oxygen atoms in total. The van der Waals surface area contributed by atoms with Gasteiger partial charge in [-0.25, -0.2) is 0 Å². The lowest BCUT2D eigenvalue weighted by Crippen LogP contribution is -2.36. The van der Waals surface area contributed by atoms with Crippen LogP contribution in [0.5, 0.6) is 23.0 Å². The molecule has 0 fully saturated rings. The van der Waals surface area contributed by atoms with E-state index in [1.807, 2.05) is 36.4 Å². The molecule has 1 N–H and O–H groups in total. The standard InChI is InChI=1S/C34H50N4O8/c1-8-9-10-11-17-34(24-35,28-20-30(42-5)33(44-7)31(21-28)43-6)18-12-19-37(4)26(3)27-13-15-29(16-14-27)45-23-32(39)36-22-25(2)46-38(40)41/h13-16,20-21,25-26H,8-12,17-19,22-23H2,1-7H3,(H,36,39). The van der Waals surface area contributed by atoms with Gasteiger partial charge >= 0.3 is 0 Å². The van der Waals surface area contributed by atoms with Crippen molar-refractivity contribution in [2.24, 2.45) is 0 Å². The van der Waals surface area contributed by atoms with Crippen LogP contribution in [0.4, 0.5) is 0 Å². The number of unbranched alkanes of at least 4 members (excludes halogenated alkanes) is 3. The van der Waals surface area contributed by atoms with Gasteiger partial charge in [0.2, 0.25) is 5.75 Å². The van der Waals surface area contributed by atoms with Crippen molar-refractivity contribution >= 4 is 5.91 Å². The van der Waals surface area contributed by atoms with Gasteiger partial charge in [-0.05, 0) is 82.1 Å². The number of methoxy groups -OCH3 is 3. The van der Waals surface area contributed by atoms with E-state index in [4.69, 9.17) is 18.9 Å². The zero-order valence-corrected chi connectivity index (χ0v) is 28.3. The first-order chi connectivity index (χ1) is 22.0. The first-order valence-electron chi connectivity index (χ1n) is 15.8. The van der Waals surface area contributed by atoms with Crippen LogP contribution in [0.1, 0.15) is 82.9 Å². The van der Waals surface area contributed by atoms with Gasteiger partial charge in [-0.15, -0.1) is 10.1 Å². The normalized spacial score (nSPS) is 13.5. The van der Waals surface area contributed by atoms with Crippen LogP contribution in [0.3, 0.4) is 0 Å². The Balaban J connectivity index is 2.05. The average Bonchev–Trinajstić information content (AvgIpc) is 3.06. The number of nitriles is 1. The van der Waals surface area contributed by atoms with Gasteiger partial charge in [0.05, 0.1) is 32.8 Å². The summed E-state index contributed by atoms with van der Waals surface area (Å²) in [5.74, 6) is 1.73. The molecule has 3 atom stereocenters. The van der Waals surface area contributed by atoms with Gasteiger partial charge in [-0.3, -0.25) is 9.69 Å². The van der Waals surface area contributed by atoms with Crippen molar-refractivity contribution in [3.05, 3.63) is 57.6 Å². The number of amides is 1. The van der Waals surface area contributed by atoms with Crippen LogP contribution in [-0.4, -0.2) is 70.1 Å². The minimum absolute atomic E-state index is 0.00276. The summed E-state index contributed by atoms with van der Waals surface area (Å²) < 4.78 is 22.3. The van der Waals surface area contributed by atoms with Crippen LogP contribution in [0.15, 0.2) is 36.4 Å². The SMILES string of the molecule is CCCCCCC(C#N)(CCCN(C)C(C)c1ccc(OCC(=O)NCC(C)O[N+](=O)[O-])cc1)c1cc(OC)c(OC)c(OC)c1. The summed E-state index contributed by atoms with van der Waals surface area (Å²) in [4.78, 5) is 29.0. The molecule has 254 valence electrons. The predicted molar refractivity (Wildman–Crippen MR) is 175 cm³/mol. The fraction of sp³-hybridized carbons (Fsp3) is 0.588. The minimum Gasteiger partial charge on any atom is -0.493 e. The van der Waals surface area contributed by atoms with E-state index in [9.17, 15) is 20.2 Å². The molecule has 0 saturated carbocycles. The minimum atomic E-state index is -0.889. The maximum Gasteiger partial charge on any atom is 0.294 e. The third-order valence-electron chi connectivity index (χ3n) is 8.25. The third-order valence-corrected chi connectivity index (χ3v) is 8.25. The molecule has 1 amide bonds. The Bertz CT molecular complexity index is 1260. The summed E-state index contributed by atoms with van der Waals surface area (Å²) in [5, 5.41) is 22.7. The molecule has 0 bridgehead atoms. The van der Waals surface area contributed by atoms with Crippen LogP contribution in [0.2, 0.25) is 0 Å². The predicted octanol–water partition coefficient (Wildman–Crippen LogP) is 6.01. The van der Waals surface area contributed by atoms with Gasteiger partial charge < -0.3 is 29.1 Å². The smallest absolute Gasteiger partial charge is 0.294 e. The molecule has 3 unspecified atom stereocenters. The number of hydrogen-bond donors (Lipinski definition) is 1. The lowest BCUT2D eigenvalue weighted by molar-refractivity contribution is -0.767. The van der Waals surface area contributed by atoms with Gasteiger partial charge in [0.1, 0.15) is 11.9 Å². The van der Waals surface area contributed by atoms with Crippen molar-refractivity contribution in [3.63, 3.8) is 0 Å². The summed E-state index contributed by atoms with van der Waals surface area (Å²) >= 11 is 0. The van der Waals surface area contributed by atoms with E-state index in [1.165, 1.54) is 6.92 Å². The molecule has 0 radical (unpaired) electrons. The number of nitrogens with one attached hydrogen (secondary N) is 1. The fourth-order valence-corrected chi connectivity index (χ4v) is 5.36. The Morgan fingerprint density at radius 2 is 1.65 bits per heavy atom. The van der Waals surface area contributed by atoms with Crippen LogP contribution in [0.25, 0.3) is 0 Å². The summed E-state index contributed by atoms with van der Waals surface area (Å²) in [7, 11) is 6.81. The highest BCUT2D eigenvalue weighted by atomic mass is 17.0. The molecular formula is C34H50N4O8. The maximum absolute atomic E-state index is 12.0. The lowest BCUT2D eigenvalue weighted by atomic mass is 9.73. The van der Waals surface area contributed by atoms with Crippen molar-refractivity contribution in [2.45, 2.75) is 83.3 Å². The van der Waals surface area contributed by atoms with E-state index in [0.29, 0.717) is 29.4 Å². The first kappa shape index (κ1) is 37.9. The van der Waals surface area contributed by atoms with Crippen molar-refractivity contribution in [1.29, 1.82) is 5.26 Å². The van der Waals surface area contributed by atoms with E-state index in [0.717, 1.165) is 56.2 Å². The molecule has 0 aliphatic carbocycles. The number of rotatable bonds is 22. The fourth-order valence-electron chi connectivity index (χ4n) is 5.36. The second kappa shape index (κ2) is 19.3. The molecule has 2 rings (SSSR count). The number of carbonyl (C=O) groups is 1. The second-order valence-electron chi connectivity index (χ2n) is 11.5. The molecule has 12 heteroatoms. The summed E-state index contributed by atoms with van der Waals surface area (Å²) in [6.45, 7) is 6.36. The third kappa shape index (κ3) is 11.3. The van der Waals surface area contributed by atoms with Crippen molar-refractivity contribution < 1.29 is 33.7 Å². The Labute approximate surface area is 273 Å². The van der Waals surface area contributed by atoms with Crippen LogP contribution in [-0.2, 0) is 15.0 Å². The van der Waals surface area contributed by atoms with Gasteiger partial charge in [0.25, 0.3) is 11.0 Å². The number of benzene rings is 2. The highest BCUT2D eigenvalue weighted by Gasteiger charge is 2.34. The second-order valence-corrected chi connectivity index (χ2v) is 11.5. The molecule has 0 heterocycles. The van der Waals surface area contributed by atoms with Crippen molar-refractivity contribution in [3.8, 4) is 29.1 Å². The molecular weight excluding hydrogens is 592 g/mol. The maximum atomic E-state index is 12.0. The topological polar surface area (TPSA) is 145 Å². The lowest BCUT2D eigenvalue weighted by Gasteiger charge is -2.31. The molecule has 0 spiro atoms. The summed E-state index contributed by atoms with van der Waals surface area (Å²) in [6, 6.07) is 14.2. The largest absolute Gasteiger partial charge is 0.493 e. The molecule has 46 heavy (non-hydrogen) atoms. The summed E-state index contributed by atoms with van der Waals surface area (Å²) in [6.07, 6.45) is 5.75. The van der Waals surface area contributed by atoms with E-state index in [-0.39, 0.29) is 19.2 Å². The zero-order chi connectivity index (χ0) is 34.1. The van der Waals surface area contributed by atoms with Crippen LogP contribution >= 0.6 is 0 Å². The molecule has 0 aliphatic rings. The zero-order valence-electron chi connectivity index (χ0n) is 28.3. The van der Waals surface area contributed by atoms with Gasteiger partial charge in [0, 0.05) is 12.6 Å². The summed E-state index contributed by atoms with van der Waals surface area (Å²) in [5.41, 5.74) is 1.26. The van der Waals surface area contributed by atoms with E-state index >= 15 is 0 Å². The quantitative estimate of drug-likeness (QED) is 0.0921. The molecule has 0 aromatic heterocycles. The first-order valence-corrected chi connectivity index (χ1v) is 15.8. The molecule has 2 aromatic rings. The van der Waals surface area contributed by atoms with Gasteiger partial charge in [-0.2, -0.15) is 5.26 Å². The van der Waals surface area contributed by atoms with Crippen molar-refractivity contribution in [1.82, 2.24) is 10.2 Å². The number of carbonyl (C=O) groups excluding carboxylic acids is 1. The Morgan fingerprint density at radius 1 is 1.02 bits per heavy atom. The van der Waals surface area contributed by atoms with Crippen LogP contribution in [0, 0.1) is 21.4 Å². The average molecular weight is 643 g/mol. The van der Waals surface area contributed by atoms with Crippen molar-refractivity contribution in [2.75, 3.05) is 48.1 Å².